The minimum atomic E-state index is 0.608. The van der Waals surface area contributed by atoms with Crippen molar-refractivity contribution in [3.8, 4) is 0 Å². The molecule has 18 heavy (non-hydrogen) atoms. The zero-order chi connectivity index (χ0) is 13.0. The highest BCUT2D eigenvalue weighted by Crippen LogP contribution is 2.36. The molecule has 1 N–H and O–H groups in total. The lowest BCUT2D eigenvalue weighted by molar-refractivity contribution is 0.108. The molecular weight excluding hydrogens is 220 g/mol. The van der Waals surface area contributed by atoms with Gasteiger partial charge in [0.2, 0.25) is 0 Å². The summed E-state index contributed by atoms with van der Waals surface area (Å²) in [5, 5.41) is 3.69. The van der Waals surface area contributed by atoms with Gasteiger partial charge in [-0.1, -0.05) is 26.2 Å². The molecule has 2 heteroatoms. The van der Waals surface area contributed by atoms with Crippen LogP contribution in [0.2, 0.25) is 0 Å². The summed E-state index contributed by atoms with van der Waals surface area (Å²) in [6, 6.07) is 1.36. The van der Waals surface area contributed by atoms with Crippen LogP contribution in [0, 0.1) is 5.41 Å². The predicted molar refractivity (Wildman–Crippen MR) is 78.9 cm³/mol. The molecule has 2 rings (SSSR count). The van der Waals surface area contributed by atoms with Crippen molar-refractivity contribution >= 4 is 0 Å². The molecule has 0 aromatic rings. The maximum Gasteiger partial charge on any atom is 0.00533 e. The Balaban J connectivity index is 1.86. The normalized spacial score (nSPS) is 34.8. The standard InChI is InChI=1S/C16H32N2/c1-14-7-11-18(12-8-15(2)17-14)13-16(3)9-5-4-6-10-16/h14-15,17H,4-13H2,1-3H3. The van der Waals surface area contributed by atoms with Crippen molar-refractivity contribution in [2.75, 3.05) is 19.6 Å². The molecule has 2 aliphatic rings. The van der Waals surface area contributed by atoms with Gasteiger partial charge in [-0.05, 0) is 58.0 Å². The third kappa shape index (κ3) is 4.24. The summed E-state index contributed by atoms with van der Waals surface area (Å²) < 4.78 is 0. The van der Waals surface area contributed by atoms with Crippen LogP contribution in [0.5, 0.6) is 0 Å². The van der Waals surface area contributed by atoms with Gasteiger partial charge in [0.25, 0.3) is 0 Å². The zero-order valence-electron chi connectivity index (χ0n) is 12.7. The zero-order valence-corrected chi connectivity index (χ0v) is 12.7. The third-order valence-corrected chi connectivity index (χ3v) is 4.99. The van der Waals surface area contributed by atoms with Crippen LogP contribution in [0.3, 0.4) is 0 Å². The second kappa shape index (κ2) is 6.38. The molecule has 0 radical (unpaired) electrons. The van der Waals surface area contributed by atoms with Crippen LogP contribution in [0.1, 0.15) is 65.7 Å². The molecular formula is C16H32N2. The van der Waals surface area contributed by atoms with Crippen LogP contribution >= 0.6 is 0 Å². The number of rotatable bonds is 2. The Morgan fingerprint density at radius 2 is 1.56 bits per heavy atom. The minimum Gasteiger partial charge on any atom is -0.312 e. The van der Waals surface area contributed by atoms with E-state index in [9.17, 15) is 0 Å². The Labute approximate surface area is 114 Å². The number of hydrogen-bond donors (Lipinski definition) is 1. The summed E-state index contributed by atoms with van der Waals surface area (Å²) in [6.45, 7) is 11.1. The van der Waals surface area contributed by atoms with E-state index < -0.39 is 0 Å². The lowest BCUT2D eigenvalue weighted by Crippen LogP contribution is -2.46. The van der Waals surface area contributed by atoms with Gasteiger partial charge in [-0.25, -0.2) is 0 Å². The fourth-order valence-corrected chi connectivity index (χ4v) is 3.78. The van der Waals surface area contributed by atoms with Crippen molar-refractivity contribution in [1.82, 2.24) is 10.2 Å². The molecule has 0 aromatic heterocycles. The van der Waals surface area contributed by atoms with Crippen molar-refractivity contribution in [3.63, 3.8) is 0 Å². The Hall–Kier alpha value is -0.0800. The molecule has 1 saturated heterocycles. The molecule has 2 atom stereocenters. The summed E-state index contributed by atoms with van der Waals surface area (Å²) >= 11 is 0. The fraction of sp³-hybridized carbons (Fsp3) is 1.00. The topological polar surface area (TPSA) is 15.3 Å². The van der Waals surface area contributed by atoms with Gasteiger partial charge in [0.15, 0.2) is 0 Å². The van der Waals surface area contributed by atoms with E-state index in [1.807, 2.05) is 0 Å². The van der Waals surface area contributed by atoms with E-state index in [0.717, 1.165) is 0 Å². The van der Waals surface area contributed by atoms with Crippen molar-refractivity contribution < 1.29 is 0 Å². The van der Waals surface area contributed by atoms with Crippen molar-refractivity contribution in [2.45, 2.75) is 77.8 Å². The van der Waals surface area contributed by atoms with Gasteiger partial charge >= 0.3 is 0 Å². The Bertz CT molecular complexity index is 233. The molecule has 1 heterocycles. The van der Waals surface area contributed by atoms with E-state index >= 15 is 0 Å². The lowest BCUT2D eigenvalue weighted by Gasteiger charge is -2.40. The lowest BCUT2D eigenvalue weighted by atomic mass is 9.75. The fourth-order valence-electron chi connectivity index (χ4n) is 3.78. The molecule has 106 valence electrons. The molecule has 0 aromatic carbocycles. The monoisotopic (exact) mass is 252 g/mol. The second-order valence-electron chi connectivity index (χ2n) is 7.19. The van der Waals surface area contributed by atoms with Crippen molar-refractivity contribution in [1.29, 1.82) is 0 Å². The summed E-state index contributed by atoms with van der Waals surface area (Å²) in [4.78, 5) is 2.75. The van der Waals surface area contributed by atoms with Crippen LogP contribution in [0.25, 0.3) is 0 Å². The van der Waals surface area contributed by atoms with Crippen LogP contribution in [-0.2, 0) is 0 Å². The van der Waals surface area contributed by atoms with Gasteiger partial charge in [0.05, 0.1) is 0 Å². The predicted octanol–water partition coefficient (Wildman–Crippen LogP) is 3.42. The van der Waals surface area contributed by atoms with Gasteiger partial charge in [-0.2, -0.15) is 0 Å². The molecule has 1 saturated carbocycles. The average molecular weight is 252 g/mol. The molecule has 2 nitrogen and oxygen atoms in total. The third-order valence-electron chi connectivity index (χ3n) is 4.99. The van der Waals surface area contributed by atoms with Gasteiger partial charge in [-0.15, -0.1) is 0 Å². The highest BCUT2D eigenvalue weighted by atomic mass is 15.1. The minimum absolute atomic E-state index is 0.608. The van der Waals surface area contributed by atoms with Crippen LogP contribution in [0.15, 0.2) is 0 Å². The molecule has 2 unspecified atom stereocenters. The van der Waals surface area contributed by atoms with Crippen LogP contribution < -0.4 is 5.32 Å². The average Bonchev–Trinajstić information content (AvgIpc) is 2.32. The van der Waals surface area contributed by atoms with Crippen molar-refractivity contribution in [3.05, 3.63) is 0 Å². The van der Waals surface area contributed by atoms with E-state index in [0.29, 0.717) is 17.5 Å². The summed E-state index contributed by atoms with van der Waals surface area (Å²) in [7, 11) is 0. The molecule has 1 aliphatic heterocycles. The van der Waals surface area contributed by atoms with E-state index in [-0.39, 0.29) is 0 Å². The summed E-state index contributed by atoms with van der Waals surface area (Å²) in [5.41, 5.74) is 0.608. The summed E-state index contributed by atoms with van der Waals surface area (Å²) in [5.74, 6) is 0. The van der Waals surface area contributed by atoms with Crippen LogP contribution in [-0.4, -0.2) is 36.6 Å². The SMILES string of the molecule is CC1CCN(CC2(C)CCCCC2)CCC(C)N1. The largest absolute Gasteiger partial charge is 0.312 e. The van der Waals surface area contributed by atoms with E-state index in [1.54, 1.807) is 0 Å². The van der Waals surface area contributed by atoms with Crippen LogP contribution in [0.4, 0.5) is 0 Å². The molecule has 0 amide bonds. The van der Waals surface area contributed by atoms with E-state index in [1.165, 1.54) is 64.6 Å². The number of nitrogens with zero attached hydrogens (tertiary/aromatic N) is 1. The Morgan fingerprint density at radius 3 is 2.11 bits per heavy atom. The first-order chi connectivity index (χ1) is 8.57. The first kappa shape index (κ1) is 14.3. The van der Waals surface area contributed by atoms with Gasteiger partial charge in [0.1, 0.15) is 0 Å². The van der Waals surface area contributed by atoms with E-state index in [2.05, 4.69) is 31.0 Å². The maximum atomic E-state index is 3.69. The number of nitrogens with one attached hydrogen (secondary N) is 1. The van der Waals surface area contributed by atoms with Gasteiger partial charge < -0.3 is 10.2 Å². The first-order valence-electron chi connectivity index (χ1n) is 8.06. The number of hydrogen-bond acceptors (Lipinski definition) is 2. The highest BCUT2D eigenvalue weighted by Gasteiger charge is 2.29. The van der Waals surface area contributed by atoms with Gasteiger partial charge in [-0.3, -0.25) is 0 Å². The smallest absolute Gasteiger partial charge is 0.00533 e. The molecule has 0 spiro atoms. The molecule has 0 bridgehead atoms. The van der Waals surface area contributed by atoms with Crippen molar-refractivity contribution in [2.24, 2.45) is 5.41 Å². The second-order valence-corrected chi connectivity index (χ2v) is 7.19. The molecule has 1 aliphatic carbocycles. The Morgan fingerprint density at radius 1 is 1.00 bits per heavy atom. The van der Waals surface area contributed by atoms with E-state index in [4.69, 9.17) is 0 Å². The maximum absolute atomic E-state index is 3.69. The molecule has 2 fully saturated rings. The summed E-state index contributed by atoms with van der Waals surface area (Å²) in [6.07, 6.45) is 9.89. The first-order valence-corrected chi connectivity index (χ1v) is 8.06. The quantitative estimate of drug-likeness (QED) is 0.810. The highest BCUT2D eigenvalue weighted by molar-refractivity contribution is 4.84. The van der Waals surface area contributed by atoms with Gasteiger partial charge in [0, 0.05) is 18.6 Å². The Kier molecular flexibility index (Phi) is 5.08.